The van der Waals surface area contributed by atoms with E-state index in [9.17, 15) is 0 Å². The van der Waals surface area contributed by atoms with Crippen molar-refractivity contribution in [3.8, 4) is 0 Å². The summed E-state index contributed by atoms with van der Waals surface area (Å²) in [5, 5.41) is 0. The Kier molecular flexibility index (Phi) is 4.14. The Hall–Kier alpha value is -1.91. The smallest absolute Gasteiger partial charge is 0.150 e. The van der Waals surface area contributed by atoms with E-state index in [0.29, 0.717) is 12.0 Å². The predicted octanol–water partition coefficient (Wildman–Crippen LogP) is 3.25. The number of hydrogen-bond donors (Lipinski definition) is 0. The maximum atomic E-state index is 4.67. The van der Waals surface area contributed by atoms with Crippen molar-refractivity contribution in [1.82, 2.24) is 19.5 Å². The van der Waals surface area contributed by atoms with E-state index in [1.165, 1.54) is 5.82 Å². The summed E-state index contributed by atoms with van der Waals surface area (Å²) in [6.45, 7) is 10.5. The summed E-state index contributed by atoms with van der Waals surface area (Å²) in [6.07, 6.45) is 8.11. The van der Waals surface area contributed by atoms with Crippen LogP contribution in [-0.2, 0) is 0 Å². The number of piperidine rings is 1. The van der Waals surface area contributed by atoms with E-state index in [1.54, 1.807) is 0 Å². The number of nitrogens with zero attached hydrogens (tertiary/aromatic N) is 5. The van der Waals surface area contributed by atoms with Gasteiger partial charge in [0.05, 0.1) is 11.4 Å². The number of aryl methyl sites for hydroxylation is 2. The standard InChI is InChI=1S/C17H25N5/c1-12(2)22-10-7-18-17(22)15-5-8-21(9-6-15)16-14(4)19-11-13(3)20-16/h7,10-12,15H,5-6,8-9H2,1-4H3. The molecule has 2 aromatic heterocycles. The van der Waals surface area contributed by atoms with Gasteiger partial charge < -0.3 is 9.47 Å². The van der Waals surface area contributed by atoms with Gasteiger partial charge in [-0.3, -0.25) is 4.98 Å². The van der Waals surface area contributed by atoms with Crippen LogP contribution in [-0.4, -0.2) is 32.6 Å². The van der Waals surface area contributed by atoms with Gasteiger partial charge in [-0.2, -0.15) is 0 Å². The van der Waals surface area contributed by atoms with Crippen LogP contribution in [0.2, 0.25) is 0 Å². The molecular weight excluding hydrogens is 274 g/mol. The normalized spacial score (nSPS) is 16.5. The van der Waals surface area contributed by atoms with Crippen LogP contribution in [0.5, 0.6) is 0 Å². The van der Waals surface area contributed by atoms with E-state index >= 15 is 0 Å². The second-order valence-electron chi connectivity index (χ2n) is 6.47. The van der Waals surface area contributed by atoms with Gasteiger partial charge in [0, 0.05) is 43.6 Å². The third kappa shape index (κ3) is 2.85. The van der Waals surface area contributed by atoms with Gasteiger partial charge in [0.1, 0.15) is 11.6 Å². The lowest BCUT2D eigenvalue weighted by Crippen LogP contribution is -2.35. The zero-order valence-electron chi connectivity index (χ0n) is 14.0. The molecule has 2 aromatic rings. The fourth-order valence-corrected chi connectivity index (χ4v) is 3.25. The van der Waals surface area contributed by atoms with Gasteiger partial charge in [-0.1, -0.05) is 0 Å². The summed E-state index contributed by atoms with van der Waals surface area (Å²) >= 11 is 0. The van der Waals surface area contributed by atoms with Crippen molar-refractivity contribution in [3.63, 3.8) is 0 Å². The van der Waals surface area contributed by atoms with Crippen molar-refractivity contribution in [2.45, 2.75) is 52.5 Å². The second-order valence-corrected chi connectivity index (χ2v) is 6.47. The van der Waals surface area contributed by atoms with Crippen molar-refractivity contribution >= 4 is 5.82 Å². The Balaban J connectivity index is 1.72. The summed E-state index contributed by atoms with van der Waals surface area (Å²) in [5.41, 5.74) is 2.01. The summed E-state index contributed by atoms with van der Waals surface area (Å²) in [6, 6.07) is 0.473. The van der Waals surface area contributed by atoms with Crippen molar-refractivity contribution in [2.75, 3.05) is 18.0 Å². The minimum absolute atomic E-state index is 0.473. The molecular formula is C17H25N5. The van der Waals surface area contributed by atoms with Gasteiger partial charge in [-0.15, -0.1) is 0 Å². The zero-order chi connectivity index (χ0) is 15.7. The van der Waals surface area contributed by atoms with Crippen LogP contribution in [0.25, 0.3) is 0 Å². The van der Waals surface area contributed by atoms with E-state index in [-0.39, 0.29) is 0 Å². The average Bonchev–Trinajstić information content (AvgIpc) is 3.00. The highest BCUT2D eigenvalue weighted by Crippen LogP contribution is 2.30. The number of anilines is 1. The predicted molar refractivity (Wildman–Crippen MR) is 88.3 cm³/mol. The van der Waals surface area contributed by atoms with Gasteiger partial charge >= 0.3 is 0 Å². The first-order valence-electron chi connectivity index (χ1n) is 8.14. The highest BCUT2D eigenvalue weighted by Gasteiger charge is 2.26. The molecule has 1 saturated heterocycles. The molecule has 5 nitrogen and oxygen atoms in total. The lowest BCUT2D eigenvalue weighted by molar-refractivity contribution is 0.447. The Morgan fingerprint density at radius 2 is 1.86 bits per heavy atom. The van der Waals surface area contributed by atoms with Crippen molar-refractivity contribution in [3.05, 3.63) is 35.8 Å². The SMILES string of the molecule is Cc1cnc(C)c(N2CCC(c3nccn3C(C)C)CC2)n1. The van der Waals surface area contributed by atoms with Crippen LogP contribution in [0.4, 0.5) is 5.82 Å². The topological polar surface area (TPSA) is 46.8 Å². The Labute approximate surface area is 132 Å². The minimum Gasteiger partial charge on any atom is -0.355 e. The molecule has 0 bridgehead atoms. The van der Waals surface area contributed by atoms with Gasteiger partial charge in [0.25, 0.3) is 0 Å². The minimum atomic E-state index is 0.473. The largest absolute Gasteiger partial charge is 0.355 e. The molecule has 118 valence electrons. The van der Waals surface area contributed by atoms with Crippen LogP contribution in [0.1, 0.15) is 55.9 Å². The molecule has 3 heterocycles. The molecule has 1 aliphatic rings. The average molecular weight is 299 g/mol. The first-order valence-corrected chi connectivity index (χ1v) is 8.14. The molecule has 5 heteroatoms. The zero-order valence-corrected chi connectivity index (χ0v) is 14.0. The molecule has 0 N–H and O–H groups in total. The number of rotatable bonds is 3. The quantitative estimate of drug-likeness (QED) is 0.873. The van der Waals surface area contributed by atoms with Crippen molar-refractivity contribution < 1.29 is 0 Å². The summed E-state index contributed by atoms with van der Waals surface area (Å²) in [7, 11) is 0. The van der Waals surface area contributed by atoms with Crippen molar-refractivity contribution in [1.29, 1.82) is 0 Å². The van der Waals surface area contributed by atoms with Gasteiger partial charge in [0.15, 0.2) is 0 Å². The van der Waals surface area contributed by atoms with Crippen LogP contribution in [0.3, 0.4) is 0 Å². The molecule has 0 spiro atoms. The van der Waals surface area contributed by atoms with Crippen LogP contribution in [0.15, 0.2) is 18.6 Å². The van der Waals surface area contributed by atoms with Crippen LogP contribution in [0, 0.1) is 13.8 Å². The van der Waals surface area contributed by atoms with E-state index in [4.69, 9.17) is 0 Å². The van der Waals surface area contributed by atoms with E-state index in [1.807, 2.05) is 26.2 Å². The highest BCUT2D eigenvalue weighted by atomic mass is 15.2. The van der Waals surface area contributed by atoms with E-state index < -0.39 is 0 Å². The summed E-state index contributed by atoms with van der Waals surface area (Å²) < 4.78 is 2.30. The number of aromatic nitrogens is 4. The molecule has 0 saturated carbocycles. The Morgan fingerprint density at radius 1 is 1.14 bits per heavy atom. The van der Waals surface area contributed by atoms with Crippen LogP contribution >= 0.6 is 0 Å². The Bertz CT molecular complexity index is 638. The third-order valence-corrected chi connectivity index (χ3v) is 4.47. The molecule has 0 aromatic carbocycles. The molecule has 0 atom stereocenters. The molecule has 0 amide bonds. The second kappa shape index (κ2) is 6.07. The molecule has 0 aliphatic carbocycles. The fourth-order valence-electron chi connectivity index (χ4n) is 3.25. The molecule has 1 fully saturated rings. The first-order chi connectivity index (χ1) is 10.6. The number of imidazole rings is 1. The maximum Gasteiger partial charge on any atom is 0.150 e. The third-order valence-electron chi connectivity index (χ3n) is 4.47. The molecule has 0 radical (unpaired) electrons. The molecule has 22 heavy (non-hydrogen) atoms. The molecule has 1 aliphatic heterocycles. The maximum absolute atomic E-state index is 4.67. The lowest BCUT2D eigenvalue weighted by atomic mass is 9.95. The van der Waals surface area contributed by atoms with Gasteiger partial charge in [-0.05, 0) is 40.5 Å². The molecule has 3 rings (SSSR count). The Morgan fingerprint density at radius 3 is 2.55 bits per heavy atom. The monoisotopic (exact) mass is 299 g/mol. The first kappa shape index (κ1) is 15.0. The van der Waals surface area contributed by atoms with E-state index in [0.717, 1.165) is 43.1 Å². The highest BCUT2D eigenvalue weighted by molar-refractivity contribution is 5.43. The van der Waals surface area contributed by atoms with Gasteiger partial charge in [0.2, 0.25) is 0 Å². The fraction of sp³-hybridized carbons (Fsp3) is 0.588. The summed E-state index contributed by atoms with van der Waals surface area (Å²) in [4.78, 5) is 16.1. The van der Waals surface area contributed by atoms with Crippen molar-refractivity contribution in [2.24, 2.45) is 0 Å². The summed E-state index contributed by atoms with van der Waals surface area (Å²) in [5.74, 6) is 2.83. The lowest BCUT2D eigenvalue weighted by Gasteiger charge is -2.33. The van der Waals surface area contributed by atoms with Crippen LogP contribution < -0.4 is 4.90 Å². The molecule has 0 unspecified atom stereocenters. The van der Waals surface area contributed by atoms with E-state index in [2.05, 4.69) is 44.5 Å². The van der Waals surface area contributed by atoms with Gasteiger partial charge in [-0.25, -0.2) is 9.97 Å². The number of hydrogen-bond acceptors (Lipinski definition) is 4.